The number of rotatable bonds is 5. The topological polar surface area (TPSA) is 62.5 Å². The summed E-state index contributed by atoms with van der Waals surface area (Å²) in [4.78, 5) is 24.3. The van der Waals surface area contributed by atoms with E-state index in [1.807, 2.05) is 29.7 Å². The van der Waals surface area contributed by atoms with E-state index in [-0.39, 0.29) is 17.6 Å². The molecule has 1 aliphatic rings. The Hall–Kier alpha value is -2.24. The Balaban J connectivity index is 1.82. The van der Waals surface area contributed by atoms with Gasteiger partial charge in [-0.25, -0.2) is 4.79 Å². The van der Waals surface area contributed by atoms with Crippen molar-refractivity contribution in [1.82, 2.24) is 9.13 Å². The minimum atomic E-state index is -0.109. The van der Waals surface area contributed by atoms with E-state index in [1.165, 1.54) is 7.11 Å². The average molecular weight is 346 g/mol. The molecule has 0 N–H and O–H groups in total. The van der Waals surface area contributed by atoms with Crippen LogP contribution in [-0.4, -0.2) is 28.8 Å². The zero-order chi connectivity index (χ0) is 18.0. The molecule has 1 aromatic heterocycles. The molecule has 25 heavy (non-hydrogen) atoms. The van der Waals surface area contributed by atoms with E-state index in [4.69, 9.17) is 9.47 Å². The molecule has 0 bridgehead atoms. The van der Waals surface area contributed by atoms with E-state index in [1.54, 1.807) is 11.6 Å². The van der Waals surface area contributed by atoms with Crippen LogP contribution >= 0.6 is 0 Å². The highest BCUT2D eigenvalue weighted by Gasteiger charge is 2.27. The van der Waals surface area contributed by atoms with E-state index >= 15 is 0 Å². The lowest BCUT2D eigenvalue weighted by atomic mass is 9.82. The molecular weight excluding hydrogens is 320 g/mol. The molecule has 1 heterocycles. The molecule has 6 nitrogen and oxygen atoms in total. The molecule has 0 amide bonds. The molecule has 0 radical (unpaired) electrons. The number of aryl methyl sites for hydroxylation is 1. The minimum Gasteiger partial charge on any atom is -0.494 e. The summed E-state index contributed by atoms with van der Waals surface area (Å²) in [5, 5.41) is 0. The van der Waals surface area contributed by atoms with Gasteiger partial charge in [0.15, 0.2) is 0 Å². The Bertz CT molecular complexity index is 813. The highest BCUT2D eigenvalue weighted by molar-refractivity contribution is 5.77. The number of nitrogens with zero attached hydrogens (tertiary/aromatic N) is 2. The normalized spacial score (nSPS) is 20.6. The van der Waals surface area contributed by atoms with Crippen LogP contribution in [0.15, 0.2) is 23.0 Å². The molecule has 3 rings (SSSR count). The van der Waals surface area contributed by atoms with Crippen molar-refractivity contribution in [1.29, 1.82) is 0 Å². The number of imidazole rings is 1. The van der Waals surface area contributed by atoms with Crippen molar-refractivity contribution in [3.05, 3.63) is 28.7 Å². The first-order valence-electron chi connectivity index (χ1n) is 8.95. The summed E-state index contributed by atoms with van der Waals surface area (Å²) in [5.74, 6) is 1.08. The van der Waals surface area contributed by atoms with Crippen LogP contribution in [0.1, 0.15) is 32.6 Å². The second-order valence-electron chi connectivity index (χ2n) is 6.78. The summed E-state index contributed by atoms with van der Waals surface area (Å²) in [6.45, 7) is 3.22. The van der Waals surface area contributed by atoms with Gasteiger partial charge in [0.05, 0.1) is 30.7 Å². The zero-order valence-corrected chi connectivity index (χ0v) is 15.2. The van der Waals surface area contributed by atoms with Crippen molar-refractivity contribution in [2.45, 2.75) is 39.2 Å². The first kappa shape index (κ1) is 17.6. The van der Waals surface area contributed by atoms with Gasteiger partial charge in [0.1, 0.15) is 5.75 Å². The Morgan fingerprint density at radius 3 is 2.56 bits per heavy atom. The molecule has 0 aliphatic heterocycles. The average Bonchev–Trinajstić information content (AvgIpc) is 2.86. The van der Waals surface area contributed by atoms with Crippen molar-refractivity contribution >= 4 is 17.0 Å². The van der Waals surface area contributed by atoms with Gasteiger partial charge in [-0.05, 0) is 50.7 Å². The van der Waals surface area contributed by atoms with Gasteiger partial charge >= 0.3 is 11.7 Å². The molecule has 0 spiro atoms. The van der Waals surface area contributed by atoms with Gasteiger partial charge in [-0.1, -0.05) is 0 Å². The molecule has 0 unspecified atom stereocenters. The van der Waals surface area contributed by atoms with Crippen LogP contribution in [0.3, 0.4) is 0 Å². The van der Waals surface area contributed by atoms with E-state index in [9.17, 15) is 9.59 Å². The van der Waals surface area contributed by atoms with Gasteiger partial charge in [-0.2, -0.15) is 0 Å². The number of ether oxygens (including phenoxy) is 2. The fourth-order valence-electron chi connectivity index (χ4n) is 3.83. The lowest BCUT2D eigenvalue weighted by molar-refractivity contribution is -0.146. The second kappa shape index (κ2) is 7.33. The number of carbonyl (C=O) groups is 1. The van der Waals surface area contributed by atoms with Crippen molar-refractivity contribution in [3.63, 3.8) is 0 Å². The van der Waals surface area contributed by atoms with Crippen molar-refractivity contribution in [2.75, 3.05) is 13.7 Å². The van der Waals surface area contributed by atoms with E-state index in [0.717, 1.165) is 42.5 Å². The number of aromatic nitrogens is 2. The predicted octanol–water partition coefficient (Wildman–Crippen LogP) is 2.72. The maximum absolute atomic E-state index is 12.7. The van der Waals surface area contributed by atoms with Gasteiger partial charge in [0, 0.05) is 19.7 Å². The Kier molecular flexibility index (Phi) is 5.16. The van der Waals surface area contributed by atoms with Crippen molar-refractivity contribution < 1.29 is 14.3 Å². The predicted molar refractivity (Wildman–Crippen MR) is 95.8 cm³/mol. The van der Waals surface area contributed by atoms with Crippen LogP contribution < -0.4 is 10.4 Å². The summed E-state index contributed by atoms with van der Waals surface area (Å²) in [5.41, 5.74) is 1.82. The summed E-state index contributed by atoms with van der Waals surface area (Å²) in [6, 6.07) is 5.78. The third-order valence-corrected chi connectivity index (χ3v) is 5.25. The summed E-state index contributed by atoms with van der Waals surface area (Å²) in [7, 11) is 3.25. The summed E-state index contributed by atoms with van der Waals surface area (Å²) >= 11 is 0. The number of carbonyl (C=O) groups excluding carboxylic acids is 1. The van der Waals surface area contributed by atoms with Gasteiger partial charge in [-0.3, -0.25) is 13.9 Å². The molecule has 0 saturated heterocycles. The fraction of sp³-hybridized carbons (Fsp3) is 0.579. The summed E-state index contributed by atoms with van der Waals surface area (Å²) < 4.78 is 14.0. The van der Waals surface area contributed by atoms with Gasteiger partial charge in [0.25, 0.3) is 0 Å². The molecule has 1 aromatic carbocycles. The van der Waals surface area contributed by atoms with Crippen molar-refractivity contribution in [3.8, 4) is 5.75 Å². The van der Waals surface area contributed by atoms with Crippen LogP contribution in [0.25, 0.3) is 11.0 Å². The van der Waals surface area contributed by atoms with Crippen molar-refractivity contribution in [2.24, 2.45) is 18.9 Å². The lowest BCUT2D eigenvalue weighted by Crippen LogP contribution is -2.29. The molecule has 1 saturated carbocycles. The number of hydrogen-bond donors (Lipinski definition) is 0. The largest absolute Gasteiger partial charge is 0.494 e. The van der Waals surface area contributed by atoms with Gasteiger partial charge in [-0.15, -0.1) is 0 Å². The lowest BCUT2D eigenvalue weighted by Gasteiger charge is -2.27. The summed E-state index contributed by atoms with van der Waals surface area (Å²) in [6.07, 6.45) is 3.55. The number of methoxy groups -OCH3 is 1. The second-order valence-corrected chi connectivity index (χ2v) is 6.78. The number of hydrogen-bond acceptors (Lipinski definition) is 4. The van der Waals surface area contributed by atoms with Crippen LogP contribution in [-0.2, 0) is 23.1 Å². The molecular formula is C19H26N2O4. The quantitative estimate of drug-likeness (QED) is 0.781. The monoisotopic (exact) mass is 346 g/mol. The number of fused-ring (bicyclic) bond motifs is 1. The van der Waals surface area contributed by atoms with Crippen LogP contribution in [0.5, 0.6) is 5.75 Å². The van der Waals surface area contributed by atoms with Crippen LogP contribution in [0.2, 0.25) is 0 Å². The maximum Gasteiger partial charge on any atom is 0.328 e. The highest BCUT2D eigenvalue weighted by atomic mass is 16.5. The third kappa shape index (κ3) is 3.43. The van der Waals surface area contributed by atoms with E-state index < -0.39 is 0 Å². The van der Waals surface area contributed by atoms with Gasteiger partial charge < -0.3 is 9.47 Å². The third-order valence-electron chi connectivity index (χ3n) is 5.25. The molecule has 1 aliphatic carbocycles. The van der Waals surface area contributed by atoms with Crippen LogP contribution in [0.4, 0.5) is 0 Å². The molecule has 1 fully saturated rings. The first-order chi connectivity index (χ1) is 12.0. The zero-order valence-electron chi connectivity index (χ0n) is 15.2. The maximum atomic E-state index is 12.7. The van der Waals surface area contributed by atoms with E-state index in [0.29, 0.717) is 19.1 Å². The molecule has 2 aromatic rings. The van der Waals surface area contributed by atoms with Crippen LogP contribution in [0, 0.1) is 11.8 Å². The SMILES string of the molecule is CCOc1ccc2c(c1)n(CC1CCC(C(=O)OC)CC1)c(=O)n2C. The highest BCUT2D eigenvalue weighted by Crippen LogP contribution is 2.31. The molecule has 6 heteroatoms. The minimum absolute atomic E-state index is 0.00117. The Labute approximate surface area is 147 Å². The standard InChI is InChI=1S/C19H26N2O4/c1-4-25-15-9-10-16-17(11-15)21(19(23)20(16)2)12-13-5-7-14(8-6-13)18(22)24-3/h9-11,13-14H,4-8,12H2,1-3H3. The number of benzene rings is 1. The number of esters is 1. The molecule has 0 atom stereocenters. The Morgan fingerprint density at radius 2 is 1.92 bits per heavy atom. The van der Waals surface area contributed by atoms with E-state index in [2.05, 4.69) is 0 Å². The fourth-order valence-corrected chi connectivity index (χ4v) is 3.83. The van der Waals surface area contributed by atoms with Gasteiger partial charge in [0.2, 0.25) is 0 Å². The molecule has 136 valence electrons. The Morgan fingerprint density at radius 1 is 1.20 bits per heavy atom. The smallest absolute Gasteiger partial charge is 0.328 e. The first-order valence-corrected chi connectivity index (χ1v) is 8.95.